The highest BCUT2D eigenvalue weighted by molar-refractivity contribution is 5.28. The lowest BCUT2D eigenvalue weighted by molar-refractivity contribution is 0.146. The van der Waals surface area contributed by atoms with Crippen LogP contribution in [0.4, 0.5) is 0 Å². The molecule has 0 radical (unpaired) electrons. The summed E-state index contributed by atoms with van der Waals surface area (Å²) in [7, 11) is 1.78. The Morgan fingerprint density at radius 1 is 1.39 bits per heavy atom. The Bertz CT molecular complexity index is 363. The molecule has 1 heterocycles. The quantitative estimate of drug-likeness (QED) is 0.871. The smallest absolute Gasteiger partial charge is 0.115 e. The van der Waals surface area contributed by atoms with Gasteiger partial charge in [-0.25, -0.2) is 0 Å². The number of phenols is 1. The number of rotatable bonds is 5. The standard InChI is InChI=1S/C15H23NO2/c1-3-15(13-4-6-14(17)7-5-13)16-9-8-12(10-16)11-18-2/h4-7,12,15,17H,3,8-11H2,1-2H3. The van der Waals surface area contributed by atoms with Gasteiger partial charge in [-0.2, -0.15) is 0 Å². The summed E-state index contributed by atoms with van der Waals surface area (Å²) in [4.78, 5) is 2.54. The molecule has 2 unspecified atom stereocenters. The van der Waals surface area contributed by atoms with E-state index in [-0.39, 0.29) is 0 Å². The topological polar surface area (TPSA) is 32.7 Å². The Morgan fingerprint density at radius 3 is 2.72 bits per heavy atom. The van der Waals surface area contributed by atoms with Gasteiger partial charge in [0.2, 0.25) is 0 Å². The van der Waals surface area contributed by atoms with Gasteiger partial charge in [0.25, 0.3) is 0 Å². The average Bonchev–Trinajstić information content (AvgIpc) is 2.82. The molecule has 0 aliphatic carbocycles. The number of nitrogens with zero attached hydrogens (tertiary/aromatic N) is 1. The Labute approximate surface area is 109 Å². The summed E-state index contributed by atoms with van der Waals surface area (Å²) in [6.45, 7) is 5.35. The molecule has 3 nitrogen and oxygen atoms in total. The highest BCUT2D eigenvalue weighted by Crippen LogP contribution is 2.30. The van der Waals surface area contributed by atoms with E-state index in [0.717, 1.165) is 26.1 Å². The highest BCUT2D eigenvalue weighted by atomic mass is 16.5. The summed E-state index contributed by atoms with van der Waals surface area (Å²) < 4.78 is 5.25. The molecule has 1 N–H and O–H groups in total. The van der Waals surface area contributed by atoms with Gasteiger partial charge in [0, 0.05) is 19.7 Å². The molecule has 2 atom stereocenters. The maximum absolute atomic E-state index is 9.36. The minimum Gasteiger partial charge on any atom is -0.508 e. The monoisotopic (exact) mass is 249 g/mol. The van der Waals surface area contributed by atoms with Crippen molar-refractivity contribution in [2.75, 3.05) is 26.8 Å². The molecule has 0 aromatic heterocycles. The molecule has 1 aromatic carbocycles. The van der Waals surface area contributed by atoms with Gasteiger partial charge in [-0.3, -0.25) is 4.90 Å². The van der Waals surface area contributed by atoms with Crippen LogP contribution in [0, 0.1) is 5.92 Å². The third-order valence-corrected chi connectivity index (χ3v) is 3.82. The SMILES string of the molecule is CCC(c1ccc(O)cc1)N1CCC(COC)C1. The van der Waals surface area contributed by atoms with Gasteiger partial charge in [0.15, 0.2) is 0 Å². The zero-order chi connectivity index (χ0) is 13.0. The van der Waals surface area contributed by atoms with Crippen LogP contribution >= 0.6 is 0 Å². The van der Waals surface area contributed by atoms with Gasteiger partial charge < -0.3 is 9.84 Å². The minimum absolute atomic E-state index is 0.340. The molecule has 0 saturated carbocycles. The second-order valence-electron chi connectivity index (χ2n) is 5.12. The van der Waals surface area contributed by atoms with Crippen molar-refractivity contribution in [1.82, 2.24) is 4.90 Å². The lowest BCUT2D eigenvalue weighted by atomic mass is 10.0. The van der Waals surface area contributed by atoms with Crippen LogP contribution in [-0.2, 0) is 4.74 Å². The van der Waals surface area contributed by atoms with E-state index in [1.807, 2.05) is 12.1 Å². The Morgan fingerprint density at radius 2 is 2.11 bits per heavy atom. The van der Waals surface area contributed by atoms with E-state index in [0.29, 0.717) is 17.7 Å². The molecule has 18 heavy (non-hydrogen) atoms. The van der Waals surface area contributed by atoms with Crippen molar-refractivity contribution in [3.63, 3.8) is 0 Å². The van der Waals surface area contributed by atoms with Gasteiger partial charge in [-0.15, -0.1) is 0 Å². The summed E-state index contributed by atoms with van der Waals surface area (Å²) >= 11 is 0. The van der Waals surface area contributed by atoms with Crippen LogP contribution in [0.3, 0.4) is 0 Å². The molecule has 1 aromatic rings. The van der Waals surface area contributed by atoms with Crippen molar-refractivity contribution in [1.29, 1.82) is 0 Å². The minimum atomic E-state index is 0.340. The van der Waals surface area contributed by atoms with Crippen LogP contribution in [0.15, 0.2) is 24.3 Å². The van der Waals surface area contributed by atoms with Crippen molar-refractivity contribution in [3.05, 3.63) is 29.8 Å². The fourth-order valence-electron chi connectivity index (χ4n) is 2.92. The lowest BCUT2D eigenvalue weighted by Crippen LogP contribution is -2.26. The van der Waals surface area contributed by atoms with Crippen molar-refractivity contribution in [2.24, 2.45) is 5.92 Å². The average molecular weight is 249 g/mol. The van der Waals surface area contributed by atoms with E-state index >= 15 is 0 Å². The number of ether oxygens (including phenoxy) is 1. The summed E-state index contributed by atoms with van der Waals surface area (Å²) in [5.41, 5.74) is 1.30. The van der Waals surface area contributed by atoms with E-state index in [4.69, 9.17) is 4.74 Å². The zero-order valence-electron chi connectivity index (χ0n) is 11.3. The predicted molar refractivity (Wildman–Crippen MR) is 72.7 cm³/mol. The number of methoxy groups -OCH3 is 1. The molecular weight excluding hydrogens is 226 g/mol. The Hall–Kier alpha value is -1.06. The van der Waals surface area contributed by atoms with E-state index in [2.05, 4.69) is 11.8 Å². The molecule has 3 heteroatoms. The van der Waals surface area contributed by atoms with Crippen LogP contribution < -0.4 is 0 Å². The second kappa shape index (κ2) is 6.21. The summed E-state index contributed by atoms with van der Waals surface area (Å²) in [5.74, 6) is 1.01. The third kappa shape index (κ3) is 3.03. The first-order valence-electron chi connectivity index (χ1n) is 6.76. The first-order valence-corrected chi connectivity index (χ1v) is 6.76. The van der Waals surface area contributed by atoms with Gasteiger partial charge in [0.05, 0.1) is 6.61 Å². The Balaban J connectivity index is 2.03. The molecule has 1 fully saturated rings. The number of aromatic hydroxyl groups is 1. The summed E-state index contributed by atoms with van der Waals surface area (Å²) in [6.07, 6.45) is 2.33. The van der Waals surface area contributed by atoms with Crippen LogP contribution in [0.2, 0.25) is 0 Å². The predicted octanol–water partition coefficient (Wildman–Crippen LogP) is 2.81. The Kier molecular flexibility index (Phi) is 4.61. The molecule has 1 aliphatic heterocycles. The van der Waals surface area contributed by atoms with Crippen LogP contribution in [0.1, 0.15) is 31.4 Å². The molecule has 0 amide bonds. The lowest BCUT2D eigenvalue weighted by Gasteiger charge is -2.27. The maximum atomic E-state index is 9.36. The van der Waals surface area contributed by atoms with Crippen LogP contribution in [-0.4, -0.2) is 36.8 Å². The molecular formula is C15H23NO2. The third-order valence-electron chi connectivity index (χ3n) is 3.82. The first-order chi connectivity index (χ1) is 8.74. The molecule has 1 aliphatic rings. The largest absolute Gasteiger partial charge is 0.508 e. The van der Waals surface area contributed by atoms with Gasteiger partial charge in [-0.1, -0.05) is 19.1 Å². The normalized spacial score (nSPS) is 22.2. The van der Waals surface area contributed by atoms with Crippen molar-refractivity contribution in [3.8, 4) is 5.75 Å². The zero-order valence-corrected chi connectivity index (χ0v) is 11.3. The molecule has 0 bridgehead atoms. The van der Waals surface area contributed by atoms with Crippen molar-refractivity contribution < 1.29 is 9.84 Å². The number of hydrogen-bond donors (Lipinski definition) is 1. The van der Waals surface area contributed by atoms with E-state index < -0.39 is 0 Å². The van der Waals surface area contributed by atoms with E-state index in [9.17, 15) is 5.11 Å². The molecule has 2 rings (SSSR count). The van der Waals surface area contributed by atoms with Gasteiger partial charge in [0.1, 0.15) is 5.75 Å². The fourth-order valence-corrected chi connectivity index (χ4v) is 2.92. The van der Waals surface area contributed by atoms with Gasteiger partial charge >= 0.3 is 0 Å². The number of benzene rings is 1. The van der Waals surface area contributed by atoms with Crippen molar-refractivity contribution >= 4 is 0 Å². The number of likely N-dealkylation sites (tertiary alicyclic amines) is 1. The van der Waals surface area contributed by atoms with Gasteiger partial charge in [-0.05, 0) is 43.0 Å². The molecule has 100 valence electrons. The van der Waals surface area contributed by atoms with Crippen molar-refractivity contribution in [2.45, 2.75) is 25.8 Å². The highest BCUT2D eigenvalue weighted by Gasteiger charge is 2.27. The second-order valence-corrected chi connectivity index (χ2v) is 5.12. The summed E-state index contributed by atoms with van der Waals surface area (Å²) in [6, 6.07) is 8.09. The number of phenolic OH excluding ortho intramolecular Hbond substituents is 1. The summed E-state index contributed by atoms with van der Waals surface area (Å²) in [5, 5.41) is 9.36. The van der Waals surface area contributed by atoms with E-state index in [1.165, 1.54) is 12.0 Å². The number of hydrogen-bond acceptors (Lipinski definition) is 3. The maximum Gasteiger partial charge on any atom is 0.115 e. The van der Waals surface area contributed by atoms with E-state index in [1.54, 1.807) is 19.2 Å². The fraction of sp³-hybridized carbons (Fsp3) is 0.600. The molecule has 0 spiro atoms. The molecule has 1 saturated heterocycles. The van der Waals surface area contributed by atoms with Crippen LogP contribution in [0.25, 0.3) is 0 Å². The first kappa shape index (κ1) is 13.4. The van der Waals surface area contributed by atoms with Crippen LogP contribution in [0.5, 0.6) is 5.75 Å².